The van der Waals surface area contributed by atoms with Gasteiger partial charge in [0.25, 0.3) is 0 Å². The Morgan fingerprint density at radius 2 is 2.06 bits per heavy atom. The molecule has 4 nitrogen and oxygen atoms in total. The first-order valence-electron chi connectivity index (χ1n) is 6.36. The molecular weight excluding hydrogens is 230 g/mol. The van der Waals surface area contributed by atoms with Crippen LogP contribution in [0.3, 0.4) is 0 Å². The van der Waals surface area contributed by atoms with Crippen molar-refractivity contribution in [2.75, 3.05) is 0 Å². The van der Waals surface area contributed by atoms with Crippen LogP contribution in [0.5, 0.6) is 5.75 Å². The Balaban J connectivity index is 2.23. The number of aromatic hydroxyl groups is 1. The van der Waals surface area contributed by atoms with Crippen molar-refractivity contribution in [3.63, 3.8) is 0 Å². The average molecular weight is 249 g/mol. The van der Waals surface area contributed by atoms with Crippen LogP contribution >= 0.6 is 0 Å². The van der Waals surface area contributed by atoms with Crippen LogP contribution in [0.4, 0.5) is 0 Å². The fourth-order valence-corrected chi connectivity index (χ4v) is 2.53. The molecule has 3 N–H and O–H groups in total. The van der Waals surface area contributed by atoms with Gasteiger partial charge in [-0.05, 0) is 25.8 Å². The lowest BCUT2D eigenvalue weighted by Crippen LogP contribution is -2.35. The van der Waals surface area contributed by atoms with Gasteiger partial charge in [0.1, 0.15) is 11.8 Å². The van der Waals surface area contributed by atoms with Gasteiger partial charge in [0.2, 0.25) is 0 Å². The third-order valence-electron chi connectivity index (χ3n) is 3.50. The first-order valence-corrected chi connectivity index (χ1v) is 6.36. The summed E-state index contributed by atoms with van der Waals surface area (Å²) in [5.74, 6) is -0.902. The van der Waals surface area contributed by atoms with Crippen LogP contribution in [0, 0.1) is 6.92 Å². The van der Waals surface area contributed by atoms with Crippen LogP contribution in [-0.2, 0) is 4.79 Å². The predicted molar refractivity (Wildman–Crippen MR) is 68.6 cm³/mol. The summed E-state index contributed by atoms with van der Waals surface area (Å²) in [6.07, 6.45) is 4.31. The standard InChI is InChI=1S/C14H19NO3/c1-9-6-7-12(16)11(8-9)13(14(17)18)15-10-4-2-3-5-10/h6-8,10,13,15-16H,2-5H2,1H3,(H,17,18). The Bertz CT molecular complexity index is 439. The second-order valence-corrected chi connectivity index (χ2v) is 4.98. The highest BCUT2D eigenvalue weighted by Gasteiger charge is 2.27. The molecule has 98 valence electrons. The molecule has 0 bridgehead atoms. The van der Waals surface area contributed by atoms with Gasteiger partial charge >= 0.3 is 5.97 Å². The Hall–Kier alpha value is -1.55. The molecule has 0 spiro atoms. The number of rotatable bonds is 4. The van der Waals surface area contributed by atoms with Crippen molar-refractivity contribution in [3.05, 3.63) is 29.3 Å². The predicted octanol–water partition coefficient (Wildman–Crippen LogP) is 2.36. The van der Waals surface area contributed by atoms with Gasteiger partial charge in [-0.15, -0.1) is 0 Å². The zero-order valence-corrected chi connectivity index (χ0v) is 10.5. The zero-order chi connectivity index (χ0) is 13.1. The zero-order valence-electron chi connectivity index (χ0n) is 10.5. The van der Waals surface area contributed by atoms with Crippen LogP contribution < -0.4 is 5.32 Å². The minimum atomic E-state index is -0.942. The number of aliphatic carboxylic acids is 1. The summed E-state index contributed by atoms with van der Waals surface area (Å²) in [5.41, 5.74) is 1.40. The van der Waals surface area contributed by atoms with E-state index in [4.69, 9.17) is 0 Å². The number of benzene rings is 1. The molecule has 2 rings (SSSR count). The maximum atomic E-state index is 11.4. The van der Waals surface area contributed by atoms with Crippen molar-refractivity contribution in [2.24, 2.45) is 0 Å². The molecule has 1 fully saturated rings. The Morgan fingerprint density at radius 3 is 2.67 bits per heavy atom. The Kier molecular flexibility index (Phi) is 3.87. The lowest BCUT2D eigenvalue weighted by Gasteiger charge is -2.20. The molecule has 18 heavy (non-hydrogen) atoms. The van der Waals surface area contributed by atoms with E-state index in [1.54, 1.807) is 18.2 Å². The molecule has 0 saturated heterocycles. The highest BCUT2D eigenvalue weighted by molar-refractivity contribution is 5.76. The molecule has 0 aromatic heterocycles. The van der Waals surface area contributed by atoms with E-state index in [0.717, 1.165) is 31.2 Å². The first kappa shape index (κ1) is 12.9. The molecule has 1 aromatic carbocycles. The summed E-state index contributed by atoms with van der Waals surface area (Å²) in [4.78, 5) is 11.4. The Morgan fingerprint density at radius 1 is 1.39 bits per heavy atom. The molecule has 1 unspecified atom stereocenters. The van der Waals surface area contributed by atoms with Gasteiger partial charge in [-0.25, -0.2) is 0 Å². The van der Waals surface area contributed by atoms with Gasteiger partial charge in [-0.3, -0.25) is 10.1 Å². The van der Waals surface area contributed by atoms with Crippen LogP contribution in [-0.4, -0.2) is 22.2 Å². The van der Waals surface area contributed by atoms with E-state index in [0.29, 0.717) is 5.56 Å². The topological polar surface area (TPSA) is 69.6 Å². The number of phenols is 1. The maximum absolute atomic E-state index is 11.4. The molecule has 0 heterocycles. The lowest BCUT2D eigenvalue weighted by atomic mass is 10.0. The van der Waals surface area contributed by atoms with Crippen LogP contribution in [0.15, 0.2) is 18.2 Å². The SMILES string of the molecule is Cc1ccc(O)c(C(NC2CCCC2)C(=O)O)c1. The quantitative estimate of drug-likeness (QED) is 0.766. The number of phenolic OH excluding ortho intramolecular Hbond substituents is 1. The number of carboxylic acids is 1. The monoisotopic (exact) mass is 249 g/mol. The molecule has 1 aromatic rings. The second kappa shape index (κ2) is 5.40. The highest BCUT2D eigenvalue weighted by atomic mass is 16.4. The first-order chi connectivity index (χ1) is 8.58. The van der Waals surface area contributed by atoms with Gasteiger partial charge in [0.15, 0.2) is 0 Å². The molecular formula is C14H19NO3. The van der Waals surface area contributed by atoms with E-state index in [1.165, 1.54) is 0 Å². The molecule has 1 aliphatic rings. The van der Waals surface area contributed by atoms with E-state index in [-0.39, 0.29) is 11.8 Å². The second-order valence-electron chi connectivity index (χ2n) is 4.98. The van der Waals surface area contributed by atoms with E-state index in [2.05, 4.69) is 5.32 Å². The van der Waals surface area contributed by atoms with Gasteiger partial charge in [0, 0.05) is 11.6 Å². The minimum absolute atomic E-state index is 0.0403. The number of aryl methyl sites for hydroxylation is 1. The van der Waals surface area contributed by atoms with Crippen molar-refractivity contribution < 1.29 is 15.0 Å². The molecule has 0 aliphatic heterocycles. The summed E-state index contributed by atoms with van der Waals surface area (Å²) < 4.78 is 0. The summed E-state index contributed by atoms with van der Waals surface area (Å²) in [5, 5.41) is 22.3. The molecule has 1 saturated carbocycles. The van der Waals surface area contributed by atoms with E-state index >= 15 is 0 Å². The van der Waals surface area contributed by atoms with Crippen LogP contribution in [0.1, 0.15) is 42.9 Å². The van der Waals surface area contributed by atoms with E-state index < -0.39 is 12.0 Å². The number of carboxylic acid groups (broad SMARTS) is 1. The molecule has 0 amide bonds. The van der Waals surface area contributed by atoms with Crippen molar-refractivity contribution in [1.29, 1.82) is 0 Å². The minimum Gasteiger partial charge on any atom is -0.508 e. The maximum Gasteiger partial charge on any atom is 0.325 e. The van der Waals surface area contributed by atoms with Crippen molar-refractivity contribution in [2.45, 2.75) is 44.7 Å². The van der Waals surface area contributed by atoms with Crippen LogP contribution in [0.25, 0.3) is 0 Å². The number of hydrogen-bond donors (Lipinski definition) is 3. The summed E-state index contributed by atoms with van der Waals surface area (Å²) in [6.45, 7) is 1.89. The highest BCUT2D eigenvalue weighted by Crippen LogP contribution is 2.28. The summed E-state index contributed by atoms with van der Waals surface area (Å²) in [6, 6.07) is 4.47. The van der Waals surface area contributed by atoms with Gasteiger partial charge in [0.05, 0.1) is 0 Å². The number of carbonyl (C=O) groups is 1. The van der Waals surface area contributed by atoms with Crippen molar-refractivity contribution in [1.82, 2.24) is 5.32 Å². The van der Waals surface area contributed by atoms with Gasteiger partial charge in [-0.2, -0.15) is 0 Å². The third-order valence-corrected chi connectivity index (χ3v) is 3.50. The number of nitrogens with one attached hydrogen (secondary N) is 1. The fourth-order valence-electron chi connectivity index (χ4n) is 2.53. The van der Waals surface area contributed by atoms with Gasteiger partial charge in [-0.1, -0.05) is 30.5 Å². The summed E-state index contributed by atoms with van der Waals surface area (Å²) in [7, 11) is 0. The van der Waals surface area contributed by atoms with Crippen molar-refractivity contribution >= 4 is 5.97 Å². The fraction of sp³-hybridized carbons (Fsp3) is 0.500. The lowest BCUT2D eigenvalue weighted by molar-refractivity contribution is -0.140. The average Bonchev–Trinajstić information content (AvgIpc) is 2.82. The van der Waals surface area contributed by atoms with E-state index in [9.17, 15) is 15.0 Å². The van der Waals surface area contributed by atoms with Crippen molar-refractivity contribution in [3.8, 4) is 5.75 Å². The Labute approximate surface area is 107 Å². The normalized spacial score (nSPS) is 17.8. The van der Waals surface area contributed by atoms with Gasteiger partial charge < -0.3 is 10.2 Å². The largest absolute Gasteiger partial charge is 0.508 e. The summed E-state index contributed by atoms with van der Waals surface area (Å²) >= 11 is 0. The van der Waals surface area contributed by atoms with Crippen LogP contribution in [0.2, 0.25) is 0 Å². The molecule has 0 radical (unpaired) electrons. The molecule has 4 heteroatoms. The van der Waals surface area contributed by atoms with E-state index in [1.807, 2.05) is 6.92 Å². The molecule has 1 aliphatic carbocycles. The third kappa shape index (κ3) is 2.82. The smallest absolute Gasteiger partial charge is 0.325 e. The molecule has 1 atom stereocenters. The number of hydrogen-bond acceptors (Lipinski definition) is 3.